The standard InChI is InChI=1S/C17H21N3OS/c1-10-14-4-3-13(9-15(14)22-19-10)17(21)18-16-11(2)20-7-5-12(16)6-8-20/h3-4,9,11-12,16H,5-8H2,1-2H3,(H,18,21)/t11-,16-/m0/s1. The largest absolute Gasteiger partial charge is 0.347 e. The van der Waals surface area contributed by atoms with E-state index in [0.29, 0.717) is 12.0 Å². The van der Waals surface area contributed by atoms with Crippen molar-refractivity contribution in [1.82, 2.24) is 14.6 Å². The SMILES string of the molecule is Cc1nsc2cc(C(=O)N[C@@H]3C4CCN(CC4)[C@H]3C)ccc12. The number of rotatable bonds is 2. The van der Waals surface area contributed by atoms with Gasteiger partial charge in [0, 0.05) is 23.0 Å². The molecule has 3 aliphatic heterocycles. The third kappa shape index (κ3) is 2.23. The van der Waals surface area contributed by atoms with E-state index in [4.69, 9.17) is 0 Å². The molecular weight excluding hydrogens is 294 g/mol. The van der Waals surface area contributed by atoms with Crippen LogP contribution in [0, 0.1) is 12.8 Å². The number of nitrogens with zero attached hydrogens (tertiary/aromatic N) is 2. The maximum atomic E-state index is 12.6. The molecule has 22 heavy (non-hydrogen) atoms. The lowest BCUT2D eigenvalue weighted by molar-refractivity contribution is 0.0217. The van der Waals surface area contributed by atoms with E-state index in [1.807, 2.05) is 25.1 Å². The number of carbonyl (C=O) groups is 1. The fourth-order valence-electron chi connectivity index (χ4n) is 3.98. The second kappa shape index (κ2) is 5.32. The van der Waals surface area contributed by atoms with Gasteiger partial charge >= 0.3 is 0 Å². The van der Waals surface area contributed by atoms with Gasteiger partial charge in [-0.15, -0.1) is 0 Å². The molecule has 1 amide bonds. The van der Waals surface area contributed by atoms with Gasteiger partial charge in [-0.3, -0.25) is 9.69 Å². The summed E-state index contributed by atoms with van der Waals surface area (Å²) in [5, 5.41) is 4.44. The van der Waals surface area contributed by atoms with E-state index in [2.05, 4.69) is 21.5 Å². The first-order valence-corrected chi connectivity index (χ1v) is 8.82. The Morgan fingerprint density at radius 2 is 2.14 bits per heavy atom. The summed E-state index contributed by atoms with van der Waals surface area (Å²) in [4.78, 5) is 15.1. The zero-order chi connectivity index (χ0) is 15.3. The summed E-state index contributed by atoms with van der Waals surface area (Å²) in [6.45, 7) is 6.62. The summed E-state index contributed by atoms with van der Waals surface area (Å²) in [5.41, 5.74) is 1.79. The Morgan fingerprint density at radius 1 is 1.36 bits per heavy atom. The second-order valence-electron chi connectivity index (χ2n) is 6.59. The zero-order valence-corrected chi connectivity index (χ0v) is 13.8. The molecule has 1 aromatic heterocycles. The number of nitrogens with one attached hydrogen (secondary N) is 1. The molecule has 2 atom stereocenters. The van der Waals surface area contributed by atoms with E-state index in [-0.39, 0.29) is 11.9 Å². The van der Waals surface area contributed by atoms with Crippen molar-refractivity contribution in [2.24, 2.45) is 5.92 Å². The normalized spacial score (nSPS) is 30.6. The van der Waals surface area contributed by atoms with Crippen LogP contribution in [-0.4, -0.2) is 40.4 Å². The van der Waals surface area contributed by atoms with E-state index in [1.165, 1.54) is 37.5 Å². The van der Waals surface area contributed by atoms with E-state index < -0.39 is 0 Å². The van der Waals surface area contributed by atoms with Gasteiger partial charge in [0.25, 0.3) is 5.91 Å². The average Bonchev–Trinajstić information content (AvgIpc) is 2.92. The monoisotopic (exact) mass is 315 g/mol. The number of aromatic nitrogens is 1. The van der Waals surface area contributed by atoms with Gasteiger partial charge in [0.1, 0.15) is 0 Å². The Morgan fingerprint density at radius 3 is 2.86 bits per heavy atom. The van der Waals surface area contributed by atoms with Crippen LogP contribution in [0.1, 0.15) is 35.8 Å². The third-order valence-electron chi connectivity index (χ3n) is 5.39. The molecule has 1 N–H and O–H groups in total. The van der Waals surface area contributed by atoms with Crippen molar-refractivity contribution in [3.63, 3.8) is 0 Å². The van der Waals surface area contributed by atoms with Gasteiger partial charge in [-0.2, -0.15) is 4.37 Å². The van der Waals surface area contributed by atoms with Gasteiger partial charge < -0.3 is 5.32 Å². The van der Waals surface area contributed by atoms with Crippen molar-refractivity contribution < 1.29 is 4.79 Å². The summed E-state index contributed by atoms with van der Waals surface area (Å²) in [5.74, 6) is 0.692. The second-order valence-corrected chi connectivity index (χ2v) is 7.40. The molecule has 4 nitrogen and oxygen atoms in total. The Hall–Kier alpha value is -1.46. The molecular formula is C17H21N3OS. The molecule has 0 unspecified atom stereocenters. The molecule has 3 aliphatic rings. The van der Waals surface area contributed by atoms with Gasteiger partial charge in [0.15, 0.2) is 0 Å². The highest BCUT2D eigenvalue weighted by molar-refractivity contribution is 7.13. The number of fused-ring (bicyclic) bond motifs is 4. The van der Waals surface area contributed by atoms with Gasteiger partial charge in [-0.1, -0.05) is 6.07 Å². The lowest BCUT2D eigenvalue weighted by Gasteiger charge is -2.49. The molecule has 3 fully saturated rings. The number of piperidine rings is 3. The Labute approximate surface area is 134 Å². The fourth-order valence-corrected chi connectivity index (χ4v) is 4.81. The van der Waals surface area contributed by atoms with Crippen LogP contribution < -0.4 is 5.32 Å². The van der Waals surface area contributed by atoms with E-state index >= 15 is 0 Å². The highest BCUT2D eigenvalue weighted by Gasteiger charge is 2.40. The van der Waals surface area contributed by atoms with Crippen LogP contribution in [0.4, 0.5) is 0 Å². The molecule has 5 rings (SSSR count). The summed E-state index contributed by atoms with van der Waals surface area (Å²) < 4.78 is 5.45. The van der Waals surface area contributed by atoms with E-state index in [0.717, 1.165) is 21.3 Å². The third-order valence-corrected chi connectivity index (χ3v) is 6.29. The lowest BCUT2D eigenvalue weighted by atomic mass is 9.79. The van der Waals surface area contributed by atoms with Crippen LogP contribution in [0.5, 0.6) is 0 Å². The van der Waals surface area contributed by atoms with Crippen LogP contribution in [0.3, 0.4) is 0 Å². The molecule has 0 spiro atoms. The number of aryl methyl sites for hydroxylation is 1. The predicted molar refractivity (Wildman–Crippen MR) is 89.4 cm³/mol. The quantitative estimate of drug-likeness (QED) is 0.927. The molecule has 0 radical (unpaired) electrons. The van der Waals surface area contributed by atoms with Crippen molar-refractivity contribution in [1.29, 1.82) is 0 Å². The van der Waals surface area contributed by atoms with E-state index in [9.17, 15) is 4.79 Å². The summed E-state index contributed by atoms with van der Waals surface area (Å²) in [6, 6.07) is 6.65. The maximum Gasteiger partial charge on any atom is 0.251 e. The van der Waals surface area contributed by atoms with Crippen molar-refractivity contribution in [3.05, 3.63) is 29.5 Å². The Balaban J connectivity index is 1.55. The zero-order valence-electron chi connectivity index (χ0n) is 13.0. The minimum absolute atomic E-state index is 0.0542. The summed E-state index contributed by atoms with van der Waals surface area (Å²) in [6.07, 6.45) is 2.42. The highest BCUT2D eigenvalue weighted by atomic mass is 32.1. The van der Waals surface area contributed by atoms with Gasteiger partial charge in [-0.05, 0) is 69.4 Å². The number of hydrogen-bond donors (Lipinski definition) is 1. The first-order valence-electron chi connectivity index (χ1n) is 8.04. The number of carbonyl (C=O) groups excluding carboxylic acids is 1. The van der Waals surface area contributed by atoms with E-state index in [1.54, 1.807) is 0 Å². The van der Waals surface area contributed by atoms with Crippen LogP contribution in [-0.2, 0) is 0 Å². The molecule has 1 aromatic carbocycles. The topological polar surface area (TPSA) is 45.2 Å². The highest BCUT2D eigenvalue weighted by Crippen LogP contribution is 2.32. The minimum atomic E-state index is 0.0542. The number of hydrogen-bond acceptors (Lipinski definition) is 4. The van der Waals surface area contributed by atoms with Crippen molar-refractivity contribution in [2.45, 2.75) is 38.8 Å². The van der Waals surface area contributed by atoms with Crippen molar-refractivity contribution in [3.8, 4) is 0 Å². The van der Waals surface area contributed by atoms with Gasteiger partial charge in [0.05, 0.1) is 10.4 Å². The van der Waals surface area contributed by atoms with Gasteiger partial charge in [0.2, 0.25) is 0 Å². The predicted octanol–water partition coefficient (Wildman–Crippen LogP) is 2.82. The minimum Gasteiger partial charge on any atom is -0.347 e. The van der Waals surface area contributed by atoms with Crippen LogP contribution in [0.2, 0.25) is 0 Å². The maximum absolute atomic E-state index is 12.6. The average molecular weight is 315 g/mol. The number of amides is 1. The molecule has 0 saturated carbocycles. The first kappa shape index (κ1) is 14.2. The molecule has 0 aliphatic carbocycles. The first-order chi connectivity index (χ1) is 10.6. The van der Waals surface area contributed by atoms with Crippen LogP contribution in [0.25, 0.3) is 10.1 Å². The van der Waals surface area contributed by atoms with Crippen molar-refractivity contribution >= 4 is 27.5 Å². The number of benzene rings is 1. The lowest BCUT2D eigenvalue weighted by Crippen LogP contribution is -2.62. The smallest absolute Gasteiger partial charge is 0.251 e. The molecule has 2 bridgehead atoms. The molecule has 4 heterocycles. The van der Waals surface area contributed by atoms with Crippen molar-refractivity contribution in [2.75, 3.05) is 13.1 Å². The summed E-state index contributed by atoms with van der Waals surface area (Å²) in [7, 11) is 0. The molecule has 3 saturated heterocycles. The molecule has 5 heteroatoms. The fraction of sp³-hybridized carbons (Fsp3) is 0.529. The Bertz CT molecular complexity index is 716. The molecule has 2 aromatic rings. The molecule has 116 valence electrons. The van der Waals surface area contributed by atoms with Gasteiger partial charge in [-0.25, -0.2) is 0 Å². The van der Waals surface area contributed by atoms with Crippen LogP contribution in [0.15, 0.2) is 18.2 Å². The Kier molecular flexibility index (Phi) is 3.42. The summed E-state index contributed by atoms with van der Waals surface area (Å²) >= 11 is 1.47. The van der Waals surface area contributed by atoms with Crippen LogP contribution >= 0.6 is 11.5 Å².